The van der Waals surface area contributed by atoms with E-state index in [1.807, 2.05) is 25.2 Å². The predicted octanol–water partition coefficient (Wildman–Crippen LogP) is 3.63. The predicted molar refractivity (Wildman–Crippen MR) is 107 cm³/mol. The number of ether oxygens (including phenoxy) is 1. The second kappa shape index (κ2) is 6.71. The fraction of sp³-hybridized carbons (Fsp3) is 0.500. The topological polar surface area (TPSA) is 64.0 Å². The number of anilines is 1. The van der Waals surface area contributed by atoms with Crippen molar-refractivity contribution in [3.05, 3.63) is 34.4 Å². The maximum absolute atomic E-state index is 6.17. The van der Waals surface area contributed by atoms with Gasteiger partial charge in [-0.3, -0.25) is 4.98 Å². The van der Waals surface area contributed by atoms with Gasteiger partial charge in [0, 0.05) is 37.0 Å². The molecule has 4 heterocycles. The van der Waals surface area contributed by atoms with Crippen molar-refractivity contribution in [2.75, 3.05) is 18.0 Å². The Kier molecular flexibility index (Phi) is 4.19. The summed E-state index contributed by atoms with van der Waals surface area (Å²) >= 11 is 1.85. The van der Waals surface area contributed by atoms with E-state index in [9.17, 15) is 0 Å². The van der Waals surface area contributed by atoms with Gasteiger partial charge >= 0.3 is 0 Å². The lowest BCUT2D eigenvalue weighted by molar-refractivity contribution is 0.161. The van der Waals surface area contributed by atoms with Crippen molar-refractivity contribution in [1.82, 2.24) is 19.9 Å². The molecule has 1 saturated heterocycles. The zero-order valence-electron chi connectivity index (χ0n) is 15.7. The number of nitrogens with zero attached hydrogens (tertiary/aromatic N) is 5. The van der Waals surface area contributed by atoms with Crippen LogP contribution in [0.15, 0.2) is 12.5 Å². The molecular weight excluding hydrogens is 358 g/mol. The van der Waals surface area contributed by atoms with Crippen LogP contribution in [0.4, 0.5) is 5.82 Å². The maximum atomic E-state index is 6.17. The van der Waals surface area contributed by atoms with Gasteiger partial charge in [-0.15, -0.1) is 11.3 Å². The van der Waals surface area contributed by atoms with Crippen molar-refractivity contribution < 1.29 is 4.74 Å². The van der Waals surface area contributed by atoms with Crippen LogP contribution in [0.3, 0.4) is 0 Å². The second-order valence-corrected chi connectivity index (χ2v) is 8.52. The van der Waals surface area contributed by atoms with Gasteiger partial charge in [0.05, 0.1) is 16.8 Å². The number of aromatic nitrogens is 4. The van der Waals surface area contributed by atoms with E-state index >= 15 is 0 Å². The van der Waals surface area contributed by atoms with E-state index in [0.717, 1.165) is 48.0 Å². The molecule has 1 fully saturated rings. The zero-order chi connectivity index (χ0) is 18.4. The van der Waals surface area contributed by atoms with Gasteiger partial charge in [0.25, 0.3) is 0 Å². The quantitative estimate of drug-likeness (QED) is 0.690. The van der Waals surface area contributed by atoms with Crippen LogP contribution in [0.5, 0.6) is 5.88 Å². The number of hydrogen-bond acceptors (Lipinski definition) is 7. The minimum Gasteiger partial charge on any atom is -0.473 e. The van der Waals surface area contributed by atoms with E-state index in [1.54, 1.807) is 12.5 Å². The summed E-state index contributed by atoms with van der Waals surface area (Å²) in [6.45, 7) is 5.78. The van der Waals surface area contributed by atoms with Crippen LogP contribution in [-0.4, -0.2) is 39.1 Å². The van der Waals surface area contributed by atoms with E-state index in [4.69, 9.17) is 4.74 Å². The molecule has 0 spiro atoms. The lowest BCUT2D eigenvalue weighted by atomic mass is 10.1. The first-order chi connectivity index (χ1) is 13.2. The van der Waals surface area contributed by atoms with Crippen molar-refractivity contribution >= 4 is 27.4 Å². The molecule has 3 aromatic rings. The fourth-order valence-corrected chi connectivity index (χ4v) is 5.35. The Morgan fingerprint density at radius 2 is 1.96 bits per heavy atom. The molecule has 0 N–H and O–H groups in total. The summed E-state index contributed by atoms with van der Waals surface area (Å²) < 4.78 is 6.17. The minimum atomic E-state index is 0.182. The first-order valence-corrected chi connectivity index (χ1v) is 10.5. The van der Waals surface area contributed by atoms with Crippen LogP contribution >= 0.6 is 11.3 Å². The normalized spacial score (nSPS) is 17.5. The van der Waals surface area contributed by atoms with Crippen molar-refractivity contribution in [3.8, 4) is 5.88 Å². The highest BCUT2D eigenvalue weighted by molar-refractivity contribution is 7.19. The zero-order valence-corrected chi connectivity index (χ0v) is 16.6. The first-order valence-electron chi connectivity index (χ1n) is 9.66. The fourth-order valence-electron chi connectivity index (χ4n) is 4.12. The monoisotopic (exact) mass is 381 g/mol. The number of rotatable bonds is 3. The molecule has 0 unspecified atom stereocenters. The summed E-state index contributed by atoms with van der Waals surface area (Å²) in [4.78, 5) is 23.1. The Morgan fingerprint density at radius 3 is 2.81 bits per heavy atom. The largest absolute Gasteiger partial charge is 0.473 e. The molecule has 5 rings (SSSR count). The van der Waals surface area contributed by atoms with Crippen LogP contribution < -0.4 is 9.64 Å². The van der Waals surface area contributed by atoms with Gasteiger partial charge in [-0.05, 0) is 38.7 Å². The van der Waals surface area contributed by atoms with Crippen LogP contribution in [0.1, 0.15) is 41.1 Å². The van der Waals surface area contributed by atoms with Gasteiger partial charge in [-0.25, -0.2) is 15.0 Å². The standard InChI is InChI=1S/C20H23N5OS/c1-12-10-21-13(2)19(24-12)26-14-6-8-25(9-7-14)18-17-15-4-3-5-16(15)27-20(17)23-11-22-18/h10-11,14H,3-9H2,1-2H3. The van der Waals surface area contributed by atoms with Crippen LogP contribution in [0, 0.1) is 13.8 Å². The number of fused-ring (bicyclic) bond motifs is 3. The lowest BCUT2D eigenvalue weighted by Gasteiger charge is -2.33. The third kappa shape index (κ3) is 3.04. The molecule has 0 saturated carbocycles. The summed E-state index contributed by atoms with van der Waals surface area (Å²) in [5.74, 6) is 1.79. The highest BCUT2D eigenvalue weighted by Gasteiger charge is 2.27. The van der Waals surface area contributed by atoms with Crippen molar-refractivity contribution in [1.29, 1.82) is 0 Å². The van der Waals surface area contributed by atoms with Crippen molar-refractivity contribution in [3.63, 3.8) is 0 Å². The van der Waals surface area contributed by atoms with E-state index in [1.165, 1.54) is 35.1 Å². The summed E-state index contributed by atoms with van der Waals surface area (Å²) in [6, 6.07) is 0. The molecule has 1 aliphatic heterocycles. The maximum Gasteiger partial charge on any atom is 0.235 e. The molecule has 0 amide bonds. The molecule has 1 aliphatic carbocycles. The number of hydrogen-bond donors (Lipinski definition) is 0. The number of piperidine rings is 1. The summed E-state index contributed by atoms with van der Waals surface area (Å²) in [7, 11) is 0. The highest BCUT2D eigenvalue weighted by atomic mass is 32.1. The molecule has 6 nitrogen and oxygen atoms in total. The lowest BCUT2D eigenvalue weighted by Crippen LogP contribution is -2.39. The van der Waals surface area contributed by atoms with E-state index in [0.29, 0.717) is 5.88 Å². The molecule has 0 radical (unpaired) electrons. The average Bonchev–Trinajstić information content (AvgIpc) is 3.26. The molecule has 140 valence electrons. The smallest absolute Gasteiger partial charge is 0.235 e. The summed E-state index contributed by atoms with van der Waals surface area (Å²) in [5, 5.41) is 1.30. The Balaban J connectivity index is 1.34. The summed E-state index contributed by atoms with van der Waals surface area (Å²) in [6.07, 6.45) is 9.24. The van der Waals surface area contributed by atoms with E-state index in [-0.39, 0.29) is 6.10 Å². The number of thiophene rings is 1. The second-order valence-electron chi connectivity index (χ2n) is 7.44. The Bertz CT molecular complexity index is 993. The Morgan fingerprint density at radius 1 is 1.11 bits per heavy atom. The van der Waals surface area contributed by atoms with Gasteiger partial charge in [0.1, 0.15) is 23.1 Å². The molecule has 7 heteroatoms. The van der Waals surface area contributed by atoms with Gasteiger partial charge in [0.15, 0.2) is 0 Å². The van der Waals surface area contributed by atoms with Crippen molar-refractivity contribution in [2.45, 2.75) is 52.1 Å². The summed E-state index contributed by atoms with van der Waals surface area (Å²) in [5.41, 5.74) is 3.24. The van der Waals surface area contributed by atoms with Crippen molar-refractivity contribution in [2.24, 2.45) is 0 Å². The minimum absolute atomic E-state index is 0.182. The third-order valence-electron chi connectivity index (χ3n) is 5.53. The first kappa shape index (κ1) is 16.9. The molecular formula is C20H23N5OS. The van der Waals surface area contributed by atoms with Gasteiger partial charge in [0.2, 0.25) is 5.88 Å². The molecule has 0 aromatic carbocycles. The molecule has 0 bridgehead atoms. The van der Waals surface area contributed by atoms with Crippen LogP contribution in [0.2, 0.25) is 0 Å². The van der Waals surface area contributed by atoms with E-state index in [2.05, 4.69) is 24.8 Å². The molecule has 27 heavy (non-hydrogen) atoms. The SMILES string of the molecule is Cc1cnc(C)c(OC2CCN(c3ncnc4sc5c(c34)CCC5)CC2)n1. The molecule has 0 atom stereocenters. The van der Waals surface area contributed by atoms with Gasteiger partial charge in [-0.2, -0.15) is 0 Å². The van der Waals surface area contributed by atoms with Gasteiger partial charge in [-0.1, -0.05) is 0 Å². The number of aryl methyl sites for hydroxylation is 4. The third-order valence-corrected chi connectivity index (χ3v) is 6.73. The Hall–Kier alpha value is -2.28. The van der Waals surface area contributed by atoms with Crippen LogP contribution in [0.25, 0.3) is 10.2 Å². The van der Waals surface area contributed by atoms with E-state index < -0.39 is 0 Å². The molecule has 3 aromatic heterocycles. The Labute approximate surface area is 162 Å². The van der Waals surface area contributed by atoms with Gasteiger partial charge < -0.3 is 9.64 Å². The van der Waals surface area contributed by atoms with Crippen LogP contribution in [-0.2, 0) is 12.8 Å². The average molecular weight is 382 g/mol. The highest BCUT2D eigenvalue weighted by Crippen LogP contribution is 2.40. The molecule has 2 aliphatic rings.